The fraction of sp³-hybridized carbons (Fsp3) is 0.208. The van der Waals surface area contributed by atoms with E-state index < -0.39 is 5.91 Å². The molecule has 30 heavy (non-hydrogen) atoms. The summed E-state index contributed by atoms with van der Waals surface area (Å²) in [4.78, 5) is 18.4. The molecule has 1 aromatic heterocycles. The molecule has 0 saturated carbocycles. The Morgan fingerprint density at radius 1 is 1.20 bits per heavy atom. The second kappa shape index (κ2) is 9.84. The maximum Gasteiger partial charge on any atom is 0.268 e. The minimum absolute atomic E-state index is 0.0470. The van der Waals surface area contributed by atoms with Crippen LogP contribution in [-0.4, -0.2) is 10.9 Å². The van der Waals surface area contributed by atoms with E-state index in [0.717, 1.165) is 32.6 Å². The molecule has 6 heteroatoms. The molecule has 1 N–H and O–H groups in total. The molecule has 0 fully saturated rings. The largest absolute Gasteiger partial charge is 0.297 e. The number of hydrogen-bond donors (Lipinski definition) is 1. The molecule has 0 saturated heterocycles. The van der Waals surface area contributed by atoms with Gasteiger partial charge in [0.1, 0.15) is 11.6 Å². The van der Waals surface area contributed by atoms with Gasteiger partial charge in [-0.1, -0.05) is 73.1 Å². The van der Waals surface area contributed by atoms with Crippen LogP contribution in [0.15, 0.2) is 58.6 Å². The van der Waals surface area contributed by atoms with Crippen LogP contribution in [0.3, 0.4) is 0 Å². The molecule has 3 aromatic rings. The molecular formula is C24H22BrN3OS. The lowest BCUT2D eigenvalue weighted by atomic mass is 10.0. The number of aryl methyl sites for hydroxylation is 1. The molecule has 0 radical (unpaired) electrons. The molecular weight excluding hydrogens is 458 g/mol. The van der Waals surface area contributed by atoms with Gasteiger partial charge in [0.2, 0.25) is 0 Å². The van der Waals surface area contributed by atoms with E-state index >= 15 is 0 Å². The lowest BCUT2D eigenvalue weighted by molar-refractivity contribution is -0.112. The summed E-state index contributed by atoms with van der Waals surface area (Å²) in [6.45, 7) is 6.31. The van der Waals surface area contributed by atoms with Gasteiger partial charge < -0.3 is 0 Å². The van der Waals surface area contributed by atoms with Crippen LogP contribution in [0, 0.1) is 11.3 Å². The van der Waals surface area contributed by atoms with Crippen LogP contribution in [0.2, 0.25) is 0 Å². The minimum atomic E-state index is -0.454. The molecule has 4 nitrogen and oxygen atoms in total. The zero-order valence-corrected chi connectivity index (χ0v) is 19.5. The molecule has 0 aliphatic rings. The molecule has 0 bridgehead atoms. The first kappa shape index (κ1) is 21.9. The van der Waals surface area contributed by atoms with Gasteiger partial charge in [0, 0.05) is 14.9 Å². The number of nitrogens with zero attached hydrogens (tertiary/aromatic N) is 2. The van der Waals surface area contributed by atoms with Gasteiger partial charge in [-0.2, -0.15) is 5.26 Å². The maximum absolute atomic E-state index is 12.7. The van der Waals surface area contributed by atoms with Crippen LogP contribution in [0.1, 0.15) is 42.7 Å². The first-order valence-corrected chi connectivity index (χ1v) is 11.3. The lowest BCUT2D eigenvalue weighted by Crippen LogP contribution is -2.13. The minimum Gasteiger partial charge on any atom is -0.297 e. The lowest BCUT2D eigenvalue weighted by Gasteiger charge is -2.05. The number of aromatic nitrogens is 1. The van der Waals surface area contributed by atoms with Crippen molar-refractivity contribution in [2.45, 2.75) is 33.1 Å². The number of carbonyl (C=O) groups is 1. The van der Waals surface area contributed by atoms with E-state index in [1.54, 1.807) is 6.08 Å². The van der Waals surface area contributed by atoms with Crippen molar-refractivity contribution in [2.24, 2.45) is 0 Å². The average molecular weight is 480 g/mol. The number of nitrogens with one attached hydrogen (secondary N) is 1. The highest BCUT2D eigenvalue weighted by Gasteiger charge is 2.16. The van der Waals surface area contributed by atoms with E-state index in [0.29, 0.717) is 11.0 Å². The Bertz CT molecular complexity index is 1110. The summed E-state index contributed by atoms with van der Waals surface area (Å²) < 4.78 is 0.998. The number of thiazole rings is 1. The standard InChI is InChI=1S/C24H22BrN3OS/c1-4-21-22(18-9-11-20(25)12-10-18)27-24(30-21)28-23(29)19(14-26)13-16-5-7-17(8-6-16)15(2)3/h5-13,15H,4H2,1-3H3,(H,27,28,29)/b19-13+. The fourth-order valence-corrected chi connectivity index (χ4v) is 4.12. The van der Waals surface area contributed by atoms with E-state index in [4.69, 9.17) is 0 Å². The predicted octanol–water partition coefficient (Wildman–Crippen LogP) is 6.80. The summed E-state index contributed by atoms with van der Waals surface area (Å²) in [6, 6.07) is 17.8. The van der Waals surface area contributed by atoms with Gasteiger partial charge in [-0.3, -0.25) is 10.1 Å². The Labute approximate surface area is 189 Å². The Kier molecular flexibility index (Phi) is 7.20. The highest BCUT2D eigenvalue weighted by atomic mass is 79.9. The molecule has 0 atom stereocenters. The molecule has 2 aromatic carbocycles. The van der Waals surface area contributed by atoms with Crippen molar-refractivity contribution in [1.82, 2.24) is 4.98 Å². The fourth-order valence-electron chi connectivity index (χ4n) is 2.93. The third-order valence-electron chi connectivity index (χ3n) is 4.64. The zero-order valence-electron chi connectivity index (χ0n) is 17.1. The number of benzene rings is 2. The predicted molar refractivity (Wildman–Crippen MR) is 127 cm³/mol. The molecule has 0 spiro atoms. The Morgan fingerprint density at radius 2 is 1.87 bits per heavy atom. The van der Waals surface area contributed by atoms with Crippen LogP contribution in [0.25, 0.3) is 17.3 Å². The molecule has 0 aliphatic heterocycles. The first-order valence-electron chi connectivity index (χ1n) is 9.70. The van der Waals surface area contributed by atoms with Crippen molar-refractivity contribution < 1.29 is 4.79 Å². The summed E-state index contributed by atoms with van der Waals surface area (Å²) in [5.74, 6) is -0.0245. The molecule has 1 heterocycles. The van der Waals surface area contributed by atoms with Crippen LogP contribution in [0.4, 0.5) is 5.13 Å². The number of rotatable bonds is 6. The molecule has 1 amide bonds. The topological polar surface area (TPSA) is 65.8 Å². The highest BCUT2D eigenvalue weighted by molar-refractivity contribution is 9.10. The summed E-state index contributed by atoms with van der Waals surface area (Å²) in [5.41, 5.74) is 3.93. The van der Waals surface area contributed by atoms with E-state index in [-0.39, 0.29) is 5.57 Å². The molecule has 3 rings (SSSR count). The van der Waals surface area contributed by atoms with Crippen molar-refractivity contribution in [2.75, 3.05) is 5.32 Å². The SMILES string of the molecule is CCc1sc(NC(=O)/C(C#N)=C/c2ccc(C(C)C)cc2)nc1-c1ccc(Br)cc1. The van der Waals surface area contributed by atoms with Crippen molar-refractivity contribution in [3.05, 3.63) is 74.6 Å². The quantitative estimate of drug-likeness (QED) is 0.312. The second-order valence-corrected chi connectivity index (χ2v) is 9.10. The van der Waals surface area contributed by atoms with E-state index in [1.807, 2.05) is 54.6 Å². The Balaban J connectivity index is 1.81. The van der Waals surface area contributed by atoms with E-state index in [1.165, 1.54) is 16.9 Å². The number of nitriles is 1. The smallest absolute Gasteiger partial charge is 0.268 e. The zero-order chi connectivity index (χ0) is 21.7. The van der Waals surface area contributed by atoms with Gasteiger partial charge in [0.25, 0.3) is 5.91 Å². The third kappa shape index (κ3) is 5.24. The summed E-state index contributed by atoms with van der Waals surface area (Å²) in [7, 11) is 0. The van der Waals surface area contributed by atoms with Crippen LogP contribution < -0.4 is 5.32 Å². The van der Waals surface area contributed by atoms with Gasteiger partial charge in [0.15, 0.2) is 5.13 Å². The molecule has 0 aliphatic carbocycles. The van der Waals surface area contributed by atoms with Crippen LogP contribution >= 0.6 is 27.3 Å². The van der Waals surface area contributed by atoms with Gasteiger partial charge in [-0.25, -0.2) is 4.98 Å². The van der Waals surface area contributed by atoms with Gasteiger partial charge in [-0.05, 0) is 41.7 Å². The summed E-state index contributed by atoms with van der Waals surface area (Å²) in [6.07, 6.45) is 2.41. The second-order valence-electron chi connectivity index (χ2n) is 7.10. The molecule has 0 unspecified atom stereocenters. The third-order valence-corrected chi connectivity index (χ3v) is 6.28. The first-order chi connectivity index (χ1) is 14.4. The van der Waals surface area contributed by atoms with Crippen LogP contribution in [0.5, 0.6) is 0 Å². The number of halogens is 1. The van der Waals surface area contributed by atoms with Gasteiger partial charge >= 0.3 is 0 Å². The van der Waals surface area contributed by atoms with Crippen molar-refractivity contribution in [1.29, 1.82) is 5.26 Å². The van der Waals surface area contributed by atoms with Crippen molar-refractivity contribution in [3.63, 3.8) is 0 Å². The van der Waals surface area contributed by atoms with E-state index in [2.05, 4.69) is 47.0 Å². The average Bonchev–Trinajstić information content (AvgIpc) is 3.15. The number of hydrogen-bond acceptors (Lipinski definition) is 4. The number of carbonyl (C=O) groups excluding carboxylic acids is 1. The molecule has 152 valence electrons. The Morgan fingerprint density at radius 3 is 2.43 bits per heavy atom. The Hall–Kier alpha value is -2.75. The van der Waals surface area contributed by atoms with Gasteiger partial charge in [-0.15, -0.1) is 11.3 Å². The van der Waals surface area contributed by atoms with Crippen molar-refractivity contribution in [3.8, 4) is 17.3 Å². The summed E-state index contributed by atoms with van der Waals surface area (Å²) >= 11 is 4.88. The van der Waals surface area contributed by atoms with Crippen LogP contribution in [-0.2, 0) is 11.2 Å². The highest BCUT2D eigenvalue weighted by Crippen LogP contribution is 2.32. The van der Waals surface area contributed by atoms with Gasteiger partial charge in [0.05, 0.1) is 5.69 Å². The van der Waals surface area contributed by atoms with Crippen molar-refractivity contribution >= 4 is 44.4 Å². The summed E-state index contributed by atoms with van der Waals surface area (Å²) in [5, 5.41) is 12.8. The normalized spacial score (nSPS) is 11.4. The maximum atomic E-state index is 12.7. The number of amides is 1. The van der Waals surface area contributed by atoms with E-state index in [9.17, 15) is 10.1 Å². The monoisotopic (exact) mass is 479 g/mol. The number of anilines is 1.